The lowest BCUT2D eigenvalue weighted by Crippen LogP contribution is -2.67. The number of ether oxygens (including phenoxy) is 4. The van der Waals surface area contributed by atoms with Gasteiger partial charge in [-0.3, -0.25) is 23.5 Å². The van der Waals surface area contributed by atoms with Crippen molar-refractivity contribution in [1.29, 1.82) is 0 Å². The number of ketones is 2. The Kier molecular flexibility index (Phi) is 15.7. The molecule has 2 aromatic carbocycles. The molecule has 2 aliphatic heterocycles. The number of nitrogens with one attached hydrogen (secondary N) is 1. The maximum absolute atomic E-state index is 13.0. The van der Waals surface area contributed by atoms with Crippen LogP contribution in [0.3, 0.4) is 0 Å². The number of carboxylic acid groups (broad SMARTS) is 1. The highest BCUT2D eigenvalue weighted by atomic mass is 32.3. The van der Waals surface area contributed by atoms with E-state index in [1.807, 2.05) is 0 Å². The minimum atomic E-state index is -5.38. The maximum atomic E-state index is 13.0. The van der Waals surface area contributed by atoms with Crippen molar-refractivity contribution in [3.8, 4) is 0 Å². The molecule has 10 atom stereocenters. The summed E-state index contributed by atoms with van der Waals surface area (Å²) in [6.07, 6.45) is -15.6. The molecule has 4 unspecified atom stereocenters. The molecule has 310 valence electrons. The van der Waals surface area contributed by atoms with Gasteiger partial charge in [-0.2, -0.15) is 16.8 Å². The van der Waals surface area contributed by atoms with Crippen molar-refractivity contribution in [3.05, 3.63) is 71.3 Å². The van der Waals surface area contributed by atoms with Crippen molar-refractivity contribution < 1.29 is 87.8 Å². The van der Waals surface area contributed by atoms with Crippen LogP contribution in [0.2, 0.25) is 0 Å². The number of carbonyl (C=O) groups is 4. The summed E-state index contributed by atoms with van der Waals surface area (Å²) >= 11 is 0. The van der Waals surface area contributed by atoms with E-state index in [1.165, 1.54) is 6.92 Å². The largest absolute Gasteiger partial charge is 0.479 e. The first-order valence-electron chi connectivity index (χ1n) is 17.2. The third-order valence-corrected chi connectivity index (χ3v) is 9.95. The summed E-state index contributed by atoms with van der Waals surface area (Å²) in [4.78, 5) is 50.3. The zero-order valence-electron chi connectivity index (χ0n) is 30.0. The van der Waals surface area contributed by atoms with Crippen LogP contribution in [0.1, 0.15) is 65.3 Å². The average molecular weight is 834 g/mol. The van der Waals surface area contributed by atoms with Crippen LogP contribution in [0.25, 0.3) is 0 Å². The third-order valence-electron chi connectivity index (χ3n) is 9.05. The first-order valence-corrected chi connectivity index (χ1v) is 19.9. The molecule has 0 radical (unpaired) electrons. The minimum Gasteiger partial charge on any atom is -0.479 e. The van der Waals surface area contributed by atoms with Crippen LogP contribution in [0.4, 0.5) is 0 Å². The Balaban J connectivity index is 1.37. The normalized spacial score (nSPS) is 28.3. The second-order valence-corrected chi connectivity index (χ2v) is 15.1. The van der Waals surface area contributed by atoms with Crippen molar-refractivity contribution >= 4 is 44.2 Å². The number of amides is 1. The zero-order valence-corrected chi connectivity index (χ0v) is 31.6. The van der Waals surface area contributed by atoms with Crippen LogP contribution in [0.15, 0.2) is 54.6 Å². The molecule has 2 saturated heterocycles. The van der Waals surface area contributed by atoms with E-state index >= 15 is 0 Å². The van der Waals surface area contributed by atoms with Gasteiger partial charge in [-0.1, -0.05) is 61.0 Å². The van der Waals surface area contributed by atoms with Gasteiger partial charge in [0, 0.05) is 36.6 Å². The van der Waals surface area contributed by atoms with E-state index in [9.17, 15) is 55.9 Å². The van der Waals surface area contributed by atoms with Crippen LogP contribution >= 0.6 is 0 Å². The Labute approximate surface area is 321 Å². The number of hydrogen-bond donors (Lipinski definition) is 6. The van der Waals surface area contributed by atoms with Crippen molar-refractivity contribution in [3.63, 3.8) is 0 Å². The summed E-state index contributed by atoms with van der Waals surface area (Å²) in [5.41, 5.74) is 1.38. The number of aliphatic hydroxyl groups is 2. The Hall–Kier alpha value is -3.78. The molecule has 0 saturated carbocycles. The fourth-order valence-electron chi connectivity index (χ4n) is 6.31. The van der Waals surface area contributed by atoms with E-state index in [0.29, 0.717) is 36.0 Å². The summed E-state index contributed by atoms with van der Waals surface area (Å²) in [7, 11) is -9.51. The lowest BCUT2D eigenvalue weighted by molar-refractivity contribution is -0.327. The van der Waals surface area contributed by atoms with Gasteiger partial charge in [0.05, 0.1) is 18.8 Å². The topological polar surface area (TPSA) is 305 Å². The quantitative estimate of drug-likeness (QED) is 0.0628. The molecular weight excluding hydrogens is 790 g/mol. The van der Waals surface area contributed by atoms with Crippen molar-refractivity contribution in [1.82, 2.24) is 5.32 Å². The third kappa shape index (κ3) is 12.4. The van der Waals surface area contributed by atoms with E-state index < -0.39 is 100 Å². The van der Waals surface area contributed by atoms with Crippen molar-refractivity contribution in [2.45, 2.75) is 100 Å². The number of aliphatic hydroxyl groups excluding tert-OH is 2. The zero-order chi connectivity index (χ0) is 41.4. The van der Waals surface area contributed by atoms with Gasteiger partial charge in [0.25, 0.3) is 0 Å². The van der Waals surface area contributed by atoms with Gasteiger partial charge >= 0.3 is 26.8 Å². The van der Waals surface area contributed by atoms with Gasteiger partial charge in [-0.05, 0) is 19.8 Å². The van der Waals surface area contributed by atoms with Gasteiger partial charge < -0.3 is 39.6 Å². The molecule has 0 aliphatic carbocycles. The number of rotatable bonds is 19. The maximum Gasteiger partial charge on any atom is 0.397 e. The molecule has 6 N–H and O–H groups in total. The fourth-order valence-corrected chi connectivity index (χ4v) is 7.10. The highest BCUT2D eigenvalue weighted by molar-refractivity contribution is 7.81. The second kappa shape index (κ2) is 19.6. The first kappa shape index (κ1) is 44.9. The van der Waals surface area contributed by atoms with Gasteiger partial charge in [-0.15, -0.1) is 0 Å². The molecule has 0 aromatic heterocycles. The standard InChI is InChI=1S/C34H43NO19S2/c1-18-25(35-24(37)12-8-4-7-11-22(36)19-13-15-21(16-14-19)26(38)20-9-5-3-6-10-20)27(39)29(23(51-18)17-50-55(43,44)45)52-34-31(54-56(46,47)48)28(40)30(49-2)32(53-34)33(41)42/h3,5-6,9-10,13-16,18,23,25,27-32,34,39-40H,4,7-8,11-12,17H2,1-2H3,(H,35,37)(H,41,42)(H,43,44,45)(H,46,47,48)/t18-,23?,25?,27+,28?,29-,30+,31-,32?,34+/m0/s1. The molecular formula is C34H43NO19S2. The van der Waals surface area contributed by atoms with E-state index in [2.05, 4.69) is 13.7 Å². The van der Waals surface area contributed by atoms with Crippen LogP contribution in [0, 0.1) is 0 Å². The summed E-state index contributed by atoms with van der Waals surface area (Å²) in [5, 5.41) is 34.4. The Morgan fingerprint density at radius 2 is 1.38 bits per heavy atom. The first-order chi connectivity index (χ1) is 26.3. The summed E-state index contributed by atoms with van der Waals surface area (Å²) in [5.74, 6) is -2.64. The molecule has 2 heterocycles. The molecule has 0 bridgehead atoms. The average Bonchev–Trinajstić information content (AvgIpc) is 3.13. The fraction of sp³-hybridized carbons (Fsp3) is 0.529. The number of Topliss-reactive ketones (excluding diaryl/α,β-unsaturated/α-hetero) is 1. The van der Waals surface area contributed by atoms with E-state index in [0.717, 1.165) is 7.11 Å². The summed E-state index contributed by atoms with van der Waals surface area (Å²) in [6, 6.07) is 13.7. The number of hydrogen-bond acceptors (Lipinski definition) is 16. The van der Waals surface area contributed by atoms with E-state index in [1.54, 1.807) is 54.6 Å². The Morgan fingerprint density at radius 3 is 1.96 bits per heavy atom. The molecule has 2 aliphatic rings. The van der Waals surface area contributed by atoms with E-state index in [4.69, 9.17) is 23.5 Å². The molecule has 2 aromatic rings. The van der Waals surface area contributed by atoms with Gasteiger partial charge in [0.15, 0.2) is 30.1 Å². The van der Waals surface area contributed by atoms with Crippen LogP contribution in [-0.4, -0.2) is 140 Å². The Bertz CT molecular complexity index is 1890. The van der Waals surface area contributed by atoms with Crippen molar-refractivity contribution in [2.24, 2.45) is 0 Å². The van der Waals surface area contributed by atoms with Crippen LogP contribution in [0.5, 0.6) is 0 Å². The van der Waals surface area contributed by atoms with Gasteiger partial charge in [0.1, 0.15) is 30.5 Å². The van der Waals surface area contributed by atoms with Gasteiger partial charge in [0.2, 0.25) is 5.91 Å². The number of benzene rings is 2. The molecule has 2 fully saturated rings. The SMILES string of the molecule is CO[C@H]1C(C(=O)O)O[C@@H](O[C@H]2C(COS(=O)(=O)O)O[C@@H](C)C(NC(=O)CCCCCC(=O)c3ccc(C(=O)c4ccccc4)cc3)[C@H]2O)[C@@H](OS(=O)(=O)O)C1O. The second-order valence-electron chi connectivity index (χ2n) is 13.0. The number of unbranched alkanes of at least 4 members (excludes halogenated alkanes) is 2. The molecule has 1 amide bonds. The molecule has 56 heavy (non-hydrogen) atoms. The number of aliphatic carboxylic acids is 1. The molecule has 4 rings (SSSR count). The number of carboxylic acids is 1. The lowest BCUT2D eigenvalue weighted by Gasteiger charge is -2.47. The Morgan fingerprint density at radius 1 is 0.768 bits per heavy atom. The molecule has 20 nitrogen and oxygen atoms in total. The monoisotopic (exact) mass is 833 g/mol. The number of carbonyl (C=O) groups excluding carboxylic acids is 3. The molecule has 22 heteroatoms. The van der Waals surface area contributed by atoms with Crippen LogP contribution in [-0.2, 0) is 57.7 Å². The van der Waals surface area contributed by atoms with Crippen molar-refractivity contribution in [2.75, 3.05) is 13.7 Å². The predicted molar refractivity (Wildman–Crippen MR) is 188 cm³/mol. The summed E-state index contributed by atoms with van der Waals surface area (Å²) < 4.78 is 95.0. The predicted octanol–water partition coefficient (Wildman–Crippen LogP) is 0.262. The van der Waals surface area contributed by atoms with Gasteiger partial charge in [-0.25, -0.2) is 13.2 Å². The number of methoxy groups -OCH3 is 1. The van der Waals surface area contributed by atoms with E-state index in [-0.39, 0.29) is 24.4 Å². The summed E-state index contributed by atoms with van der Waals surface area (Å²) in [6.45, 7) is 0.359. The highest BCUT2D eigenvalue weighted by Crippen LogP contribution is 2.32. The minimum absolute atomic E-state index is 0.0812. The molecule has 0 spiro atoms. The highest BCUT2D eigenvalue weighted by Gasteiger charge is 2.54. The van der Waals surface area contributed by atoms with Crippen LogP contribution < -0.4 is 5.32 Å². The lowest BCUT2D eigenvalue weighted by atomic mass is 9.92. The smallest absolute Gasteiger partial charge is 0.397 e.